The molecule has 1 atom stereocenters. The molecule has 2 aliphatic rings. The van der Waals surface area contributed by atoms with Gasteiger partial charge >= 0.3 is 0 Å². The highest BCUT2D eigenvalue weighted by Crippen LogP contribution is 2.19. The number of rotatable bonds is 6. The molecule has 0 aromatic heterocycles. The number of nitrogens with zero attached hydrogens (tertiary/aromatic N) is 5. The molecule has 0 saturated carbocycles. The summed E-state index contributed by atoms with van der Waals surface area (Å²) in [5.74, 6) is 0.992. The first-order valence-electron chi connectivity index (χ1n) is 10.8. The Kier molecular flexibility index (Phi) is 7.62. The molecular formula is C21H32N6O3. The van der Waals surface area contributed by atoms with Crippen molar-refractivity contribution in [2.45, 2.75) is 39.3 Å². The van der Waals surface area contributed by atoms with Crippen LogP contribution in [-0.4, -0.2) is 83.3 Å². The Morgan fingerprint density at radius 2 is 1.80 bits per heavy atom. The first-order chi connectivity index (χ1) is 14.5. The van der Waals surface area contributed by atoms with Crippen molar-refractivity contribution in [1.82, 2.24) is 20.0 Å². The lowest BCUT2D eigenvalue weighted by Gasteiger charge is -2.39. The number of guanidine groups is 1. The lowest BCUT2D eigenvalue weighted by atomic mass is 10.2. The Hall–Kier alpha value is -2.68. The summed E-state index contributed by atoms with van der Waals surface area (Å²) in [4.78, 5) is 34.6. The molecule has 1 aromatic rings. The lowest BCUT2D eigenvalue weighted by Crippen LogP contribution is -2.57. The molecule has 0 bridgehead atoms. The fraction of sp³-hybridized carbons (Fsp3) is 0.619. The predicted molar refractivity (Wildman–Crippen MR) is 116 cm³/mol. The molecule has 164 valence electrons. The number of piperazine rings is 1. The van der Waals surface area contributed by atoms with Crippen LogP contribution in [0.4, 0.5) is 5.69 Å². The Bertz CT molecular complexity index is 770. The monoisotopic (exact) mass is 416 g/mol. The Labute approximate surface area is 177 Å². The lowest BCUT2D eigenvalue weighted by molar-refractivity contribution is -0.385. The van der Waals surface area contributed by atoms with E-state index in [0.29, 0.717) is 5.56 Å². The number of likely N-dealkylation sites (tertiary alicyclic amines) is 1. The van der Waals surface area contributed by atoms with E-state index in [-0.39, 0.29) is 29.1 Å². The third-order valence-corrected chi connectivity index (χ3v) is 5.86. The predicted octanol–water partition coefficient (Wildman–Crippen LogP) is 1.69. The zero-order valence-corrected chi connectivity index (χ0v) is 17.9. The van der Waals surface area contributed by atoms with E-state index < -0.39 is 0 Å². The number of nitro benzene ring substituents is 1. The molecule has 2 saturated heterocycles. The number of hydrogen-bond acceptors (Lipinski definition) is 5. The number of nitrogens with one attached hydrogen (secondary N) is 1. The van der Waals surface area contributed by atoms with Crippen LogP contribution in [0.1, 0.15) is 32.3 Å². The molecule has 0 spiro atoms. The maximum Gasteiger partial charge on any atom is 0.274 e. The molecule has 1 amide bonds. The van der Waals surface area contributed by atoms with Crippen LogP contribution in [0.2, 0.25) is 0 Å². The van der Waals surface area contributed by atoms with Crippen LogP contribution < -0.4 is 5.32 Å². The molecule has 0 radical (unpaired) electrons. The summed E-state index contributed by atoms with van der Waals surface area (Å²) in [7, 11) is 0. The van der Waals surface area contributed by atoms with Crippen LogP contribution in [0.25, 0.3) is 0 Å². The average Bonchev–Trinajstić information content (AvgIpc) is 3.31. The SMILES string of the molecule is CCNC(=NCc1ccccc1[N+](=O)[O-])N1CCN(C(C)C(=O)N2CCCC2)CC1. The first-order valence-corrected chi connectivity index (χ1v) is 10.8. The second kappa shape index (κ2) is 10.4. The van der Waals surface area contributed by atoms with Gasteiger partial charge in [0.1, 0.15) is 0 Å². The molecule has 1 N–H and O–H groups in total. The van der Waals surface area contributed by atoms with Crippen molar-refractivity contribution in [3.05, 3.63) is 39.9 Å². The molecule has 1 unspecified atom stereocenters. The van der Waals surface area contributed by atoms with Gasteiger partial charge in [-0.3, -0.25) is 19.8 Å². The van der Waals surface area contributed by atoms with Crippen LogP contribution in [0.15, 0.2) is 29.3 Å². The van der Waals surface area contributed by atoms with Crippen molar-refractivity contribution in [3.63, 3.8) is 0 Å². The van der Waals surface area contributed by atoms with Crippen molar-refractivity contribution >= 4 is 17.6 Å². The minimum Gasteiger partial charge on any atom is -0.357 e. The molecule has 3 rings (SSSR count). The number of para-hydroxylation sites is 1. The van der Waals surface area contributed by atoms with E-state index in [1.165, 1.54) is 6.07 Å². The number of amides is 1. The van der Waals surface area contributed by atoms with Crippen molar-refractivity contribution < 1.29 is 9.72 Å². The smallest absolute Gasteiger partial charge is 0.274 e. The van der Waals surface area contributed by atoms with E-state index >= 15 is 0 Å². The standard InChI is InChI=1S/C21H32N6O3/c1-3-22-21(23-16-18-8-4-5-9-19(18)27(29)30)26-14-12-24(13-15-26)17(2)20(28)25-10-6-7-11-25/h4-5,8-9,17H,3,6-7,10-16H2,1-2H3,(H,22,23). The van der Waals surface area contributed by atoms with Gasteiger partial charge in [-0.25, -0.2) is 4.99 Å². The molecule has 9 heteroatoms. The first kappa shape index (κ1) is 22.0. The summed E-state index contributed by atoms with van der Waals surface area (Å²) in [5.41, 5.74) is 0.692. The third kappa shape index (κ3) is 5.27. The maximum absolute atomic E-state index is 12.7. The average molecular weight is 417 g/mol. The van der Waals surface area contributed by atoms with Crippen LogP contribution >= 0.6 is 0 Å². The fourth-order valence-corrected chi connectivity index (χ4v) is 4.09. The van der Waals surface area contributed by atoms with Gasteiger partial charge < -0.3 is 15.1 Å². The van der Waals surface area contributed by atoms with Crippen LogP contribution in [0.5, 0.6) is 0 Å². The van der Waals surface area contributed by atoms with E-state index in [1.54, 1.807) is 18.2 Å². The van der Waals surface area contributed by atoms with Gasteiger partial charge in [0.15, 0.2) is 5.96 Å². The highest BCUT2D eigenvalue weighted by molar-refractivity contribution is 5.82. The Balaban J connectivity index is 1.60. The van der Waals surface area contributed by atoms with Gasteiger partial charge in [0.2, 0.25) is 5.91 Å². The third-order valence-electron chi connectivity index (χ3n) is 5.86. The summed E-state index contributed by atoms with van der Waals surface area (Å²) < 4.78 is 0. The van der Waals surface area contributed by atoms with E-state index in [0.717, 1.165) is 64.6 Å². The van der Waals surface area contributed by atoms with Crippen molar-refractivity contribution in [2.24, 2.45) is 4.99 Å². The van der Waals surface area contributed by atoms with Gasteiger partial charge in [0.25, 0.3) is 5.69 Å². The van der Waals surface area contributed by atoms with Gasteiger partial charge in [-0.1, -0.05) is 18.2 Å². The van der Waals surface area contributed by atoms with Crippen molar-refractivity contribution in [3.8, 4) is 0 Å². The molecule has 9 nitrogen and oxygen atoms in total. The number of aliphatic imine (C=N–C) groups is 1. The topological polar surface area (TPSA) is 94.3 Å². The Morgan fingerprint density at radius 3 is 2.43 bits per heavy atom. The van der Waals surface area contributed by atoms with Gasteiger partial charge in [-0.2, -0.15) is 0 Å². The Morgan fingerprint density at radius 1 is 1.13 bits per heavy atom. The normalized spacial score (nSPS) is 19.1. The molecule has 1 aromatic carbocycles. The zero-order valence-electron chi connectivity index (χ0n) is 17.9. The number of nitro groups is 1. The van der Waals surface area contributed by atoms with Crippen LogP contribution in [0, 0.1) is 10.1 Å². The minimum absolute atomic E-state index is 0.0937. The van der Waals surface area contributed by atoms with Gasteiger partial charge in [0.05, 0.1) is 23.1 Å². The molecule has 2 fully saturated rings. The summed E-state index contributed by atoms with van der Waals surface area (Å²) in [6.45, 7) is 9.85. The van der Waals surface area contributed by atoms with Gasteiger partial charge in [-0.05, 0) is 26.7 Å². The maximum atomic E-state index is 12.7. The highest BCUT2D eigenvalue weighted by atomic mass is 16.6. The highest BCUT2D eigenvalue weighted by Gasteiger charge is 2.30. The zero-order chi connectivity index (χ0) is 21.5. The summed E-state index contributed by atoms with van der Waals surface area (Å²) in [6.07, 6.45) is 2.21. The summed E-state index contributed by atoms with van der Waals surface area (Å²) in [6, 6.07) is 6.61. The van der Waals surface area contributed by atoms with Gasteiger partial charge in [-0.15, -0.1) is 0 Å². The minimum atomic E-state index is -0.366. The second-order valence-corrected chi connectivity index (χ2v) is 7.79. The van der Waals surface area contributed by atoms with E-state index in [2.05, 4.69) is 20.1 Å². The van der Waals surface area contributed by atoms with Crippen LogP contribution in [0.3, 0.4) is 0 Å². The fourth-order valence-electron chi connectivity index (χ4n) is 4.09. The molecule has 30 heavy (non-hydrogen) atoms. The summed E-state index contributed by atoms with van der Waals surface area (Å²) >= 11 is 0. The number of hydrogen-bond donors (Lipinski definition) is 1. The summed E-state index contributed by atoms with van der Waals surface area (Å²) in [5, 5.41) is 14.5. The molecule has 0 aliphatic carbocycles. The molecular weight excluding hydrogens is 384 g/mol. The van der Waals surface area contributed by atoms with Crippen molar-refractivity contribution in [1.29, 1.82) is 0 Å². The van der Waals surface area contributed by atoms with Crippen molar-refractivity contribution in [2.75, 3.05) is 45.8 Å². The number of carbonyl (C=O) groups excluding carboxylic acids is 1. The molecule has 2 aliphatic heterocycles. The number of carbonyl (C=O) groups is 1. The van der Waals surface area contributed by atoms with Gasteiger partial charge in [0, 0.05) is 51.9 Å². The van der Waals surface area contributed by atoms with Crippen LogP contribution in [-0.2, 0) is 11.3 Å². The second-order valence-electron chi connectivity index (χ2n) is 7.79. The number of benzene rings is 1. The quantitative estimate of drug-likeness (QED) is 0.328. The van der Waals surface area contributed by atoms with E-state index in [4.69, 9.17) is 0 Å². The van der Waals surface area contributed by atoms with E-state index in [1.807, 2.05) is 18.7 Å². The largest absolute Gasteiger partial charge is 0.357 e. The van der Waals surface area contributed by atoms with E-state index in [9.17, 15) is 14.9 Å². The molecule has 2 heterocycles.